The van der Waals surface area contributed by atoms with Gasteiger partial charge in [-0.05, 0) is 6.42 Å². The molecule has 12 heteroatoms. The van der Waals surface area contributed by atoms with Gasteiger partial charge in [-0.3, -0.25) is 18.9 Å². The van der Waals surface area contributed by atoms with Crippen LogP contribution in [0.4, 0.5) is 0 Å². The third-order valence-corrected chi connectivity index (χ3v) is 4.21. The van der Waals surface area contributed by atoms with Crippen LogP contribution in [0.5, 0.6) is 0 Å². The van der Waals surface area contributed by atoms with Crippen molar-refractivity contribution < 1.29 is 28.7 Å². The molecule has 23 heavy (non-hydrogen) atoms. The number of phosphoric acid groups is 1. The molecule has 1 aliphatic rings. The summed E-state index contributed by atoms with van der Waals surface area (Å²) in [5.74, 6) is 0. The number of ether oxygens (including phenoxy) is 1. The number of alkyl halides is 1. The number of hydrogen-bond donors (Lipinski definition) is 4. The molecule has 0 bridgehead atoms. The van der Waals surface area contributed by atoms with Gasteiger partial charge < -0.3 is 19.6 Å². The monoisotopic (exact) mass is 414 g/mol. The highest BCUT2D eigenvalue weighted by Gasteiger charge is 2.37. The Morgan fingerprint density at radius 1 is 1.48 bits per heavy atom. The number of aryl methyl sites for hydroxylation is 1. The van der Waals surface area contributed by atoms with Crippen LogP contribution in [0.1, 0.15) is 18.2 Å². The summed E-state index contributed by atoms with van der Waals surface area (Å²) >= 11 is 3.20. The maximum Gasteiger partial charge on any atom is 0.469 e. The molecule has 1 aromatic rings. The second-order valence-corrected chi connectivity index (χ2v) is 7.01. The number of aromatic nitrogens is 2. The largest absolute Gasteiger partial charge is 0.469 e. The van der Waals surface area contributed by atoms with Crippen molar-refractivity contribution in [2.75, 3.05) is 11.9 Å². The molecule has 0 unspecified atom stereocenters. The van der Waals surface area contributed by atoms with Crippen LogP contribution in [0.2, 0.25) is 0 Å². The van der Waals surface area contributed by atoms with Crippen LogP contribution in [0.3, 0.4) is 0 Å². The molecular formula is C11H16BrN2O8P. The Kier molecular flexibility index (Phi) is 5.95. The van der Waals surface area contributed by atoms with Crippen LogP contribution < -0.4 is 11.2 Å². The summed E-state index contributed by atoms with van der Waals surface area (Å²) in [6.45, 7) is -0.520. The molecule has 2 heterocycles. The lowest BCUT2D eigenvalue weighted by molar-refractivity contribution is -0.0451. The van der Waals surface area contributed by atoms with Crippen LogP contribution in [0.25, 0.3) is 0 Å². The number of aliphatic hydroxyl groups is 1. The van der Waals surface area contributed by atoms with E-state index in [1.807, 2.05) is 0 Å². The Hall–Kier alpha value is -0.810. The van der Waals surface area contributed by atoms with Crippen molar-refractivity contribution in [1.82, 2.24) is 9.55 Å². The molecule has 1 saturated heterocycles. The van der Waals surface area contributed by atoms with Crippen molar-refractivity contribution in [3.8, 4) is 0 Å². The van der Waals surface area contributed by atoms with E-state index >= 15 is 0 Å². The lowest BCUT2D eigenvalue weighted by Gasteiger charge is -2.16. The third-order valence-electron chi connectivity index (χ3n) is 3.33. The summed E-state index contributed by atoms with van der Waals surface area (Å²) in [6.07, 6.45) is -1.15. The van der Waals surface area contributed by atoms with E-state index in [0.717, 1.165) is 4.57 Å². The van der Waals surface area contributed by atoms with E-state index in [0.29, 0.717) is 17.3 Å². The zero-order chi connectivity index (χ0) is 17.2. The van der Waals surface area contributed by atoms with E-state index in [1.165, 1.54) is 6.20 Å². The van der Waals surface area contributed by atoms with Gasteiger partial charge in [0, 0.05) is 23.5 Å². The van der Waals surface area contributed by atoms with Crippen molar-refractivity contribution >= 4 is 23.8 Å². The molecule has 1 aliphatic heterocycles. The summed E-state index contributed by atoms with van der Waals surface area (Å²) in [4.78, 5) is 43.1. The van der Waals surface area contributed by atoms with E-state index < -0.39 is 44.1 Å². The van der Waals surface area contributed by atoms with E-state index in [-0.39, 0.29) is 6.42 Å². The predicted molar refractivity (Wildman–Crippen MR) is 81.4 cm³/mol. The number of nitrogens with one attached hydrogen (secondary N) is 1. The van der Waals surface area contributed by atoms with Crippen molar-refractivity contribution in [3.63, 3.8) is 0 Å². The van der Waals surface area contributed by atoms with Gasteiger partial charge in [0.25, 0.3) is 5.56 Å². The van der Waals surface area contributed by atoms with E-state index in [1.54, 1.807) is 0 Å². The first-order chi connectivity index (χ1) is 10.7. The predicted octanol–water partition coefficient (Wildman–Crippen LogP) is -0.768. The number of phosphoric ester groups is 1. The quantitative estimate of drug-likeness (QED) is 0.350. The molecule has 0 aromatic carbocycles. The van der Waals surface area contributed by atoms with Crippen molar-refractivity contribution in [2.45, 2.75) is 31.3 Å². The molecule has 4 N–H and O–H groups in total. The molecule has 0 aliphatic carbocycles. The van der Waals surface area contributed by atoms with Crippen LogP contribution in [-0.2, 0) is 20.2 Å². The molecule has 10 nitrogen and oxygen atoms in total. The topological polar surface area (TPSA) is 151 Å². The zero-order valence-electron chi connectivity index (χ0n) is 11.8. The number of nitrogens with zero attached hydrogens (tertiary/aromatic N) is 1. The zero-order valence-corrected chi connectivity index (χ0v) is 14.3. The first-order valence-electron chi connectivity index (χ1n) is 6.65. The summed E-state index contributed by atoms with van der Waals surface area (Å²) in [5.41, 5.74) is -0.817. The molecule has 0 spiro atoms. The average molecular weight is 415 g/mol. The van der Waals surface area contributed by atoms with Gasteiger partial charge in [-0.1, -0.05) is 15.9 Å². The summed E-state index contributed by atoms with van der Waals surface area (Å²) < 4.78 is 21.6. The Morgan fingerprint density at radius 2 is 2.17 bits per heavy atom. The second kappa shape index (κ2) is 7.39. The van der Waals surface area contributed by atoms with Crippen LogP contribution in [0.15, 0.2) is 15.8 Å². The van der Waals surface area contributed by atoms with Crippen molar-refractivity contribution in [2.24, 2.45) is 0 Å². The molecular weight excluding hydrogens is 399 g/mol. The molecule has 0 saturated carbocycles. The average Bonchev–Trinajstić information content (AvgIpc) is 2.80. The Labute approximate surface area is 138 Å². The minimum atomic E-state index is -4.68. The minimum absolute atomic E-state index is 0.0227. The van der Waals surface area contributed by atoms with Gasteiger partial charge in [0.1, 0.15) is 12.3 Å². The summed E-state index contributed by atoms with van der Waals surface area (Å²) in [7, 11) is -4.68. The molecule has 1 fully saturated rings. The van der Waals surface area contributed by atoms with Gasteiger partial charge in [0.05, 0.1) is 12.7 Å². The van der Waals surface area contributed by atoms with E-state index in [4.69, 9.17) is 14.5 Å². The smallest absolute Gasteiger partial charge is 0.390 e. The molecule has 1 aromatic heterocycles. The van der Waals surface area contributed by atoms with Gasteiger partial charge in [-0.15, -0.1) is 0 Å². The van der Waals surface area contributed by atoms with Gasteiger partial charge in [0.2, 0.25) is 0 Å². The highest BCUT2D eigenvalue weighted by atomic mass is 79.9. The Morgan fingerprint density at radius 3 is 2.78 bits per heavy atom. The summed E-state index contributed by atoms with van der Waals surface area (Å²) in [5, 5.41) is 10.4. The molecule has 3 atom stereocenters. The fraction of sp³-hybridized carbons (Fsp3) is 0.636. The maximum absolute atomic E-state index is 11.9. The van der Waals surface area contributed by atoms with Gasteiger partial charge in [0.15, 0.2) is 0 Å². The number of hydrogen-bond acceptors (Lipinski definition) is 6. The van der Waals surface area contributed by atoms with E-state index in [9.17, 15) is 19.3 Å². The first-order valence-corrected chi connectivity index (χ1v) is 9.30. The normalized spacial score (nSPS) is 25.0. The number of rotatable bonds is 6. The van der Waals surface area contributed by atoms with Crippen LogP contribution in [-0.4, -0.2) is 48.6 Å². The lowest BCUT2D eigenvalue weighted by atomic mass is 10.2. The molecule has 2 rings (SSSR count). The first kappa shape index (κ1) is 18.5. The Balaban J connectivity index is 2.17. The van der Waals surface area contributed by atoms with Crippen LogP contribution in [0, 0.1) is 0 Å². The van der Waals surface area contributed by atoms with Gasteiger partial charge >= 0.3 is 13.5 Å². The highest BCUT2D eigenvalue weighted by molar-refractivity contribution is 9.09. The van der Waals surface area contributed by atoms with E-state index in [2.05, 4.69) is 25.4 Å². The molecule has 130 valence electrons. The lowest BCUT2D eigenvalue weighted by Crippen LogP contribution is -2.34. The number of halogens is 1. The maximum atomic E-state index is 11.9. The Bertz CT molecular complexity index is 713. The minimum Gasteiger partial charge on any atom is -0.390 e. The number of aliphatic hydroxyl groups excluding tert-OH is 1. The second-order valence-electron chi connectivity index (χ2n) is 4.98. The SMILES string of the molecule is O=c1[nH]c(=O)n([C@H]2C[C@H](O)[C@@H](COP(=O)(O)O)O2)cc1CCBr. The van der Waals surface area contributed by atoms with Gasteiger partial charge in [-0.2, -0.15) is 0 Å². The fourth-order valence-corrected chi connectivity index (χ4v) is 3.00. The molecule has 0 radical (unpaired) electrons. The van der Waals surface area contributed by atoms with Crippen LogP contribution >= 0.6 is 23.8 Å². The van der Waals surface area contributed by atoms with Crippen molar-refractivity contribution in [1.29, 1.82) is 0 Å². The summed E-state index contributed by atoms with van der Waals surface area (Å²) in [6, 6.07) is 0. The van der Waals surface area contributed by atoms with Gasteiger partial charge in [-0.25, -0.2) is 9.36 Å². The molecule has 0 amide bonds. The number of H-pyrrole nitrogens is 1. The highest BCUT2D eigenvalue weighted by Crippen LogP contribution is 2.38. The third kappa shape index (κ3) is 4.83. The number of aromatic amines is 1. The fourth-order valence-electron chi connectivity index (χ4n) is 2.23. The standard InChI is InChI=1S/C11H16BrN2O8P/c12-2-1-6-4-14(11(17)13-10(6)16)9-3-7(15)8(22-9)5-21-23(18,19)20/h4,7-9,15H,1-3,5H2,(H,13,16,17)(H2,18,19,20)/t7-,8+,9+/m0/s1. The van der Waals surface area contributed by atoms with Crippen molar-refractivity contribution in [3.05, 3.63) is 32.6 Å².